The Morgan fingerprint density at radius 2 is 1.80 bits per heavy atom. The van der Waals surface area contributed by atoms with E-state index in [0.717, 1.165) is 6.54 Å². The van der Waals surface area contributed by atoms with Crippen molar-refractivity contribution in [3.05, 3.63) is 35.4 Å². The summed E-state index contributed by atoms with van der Waals surface area (Å²) in [5.74, 6) is 0. The predicted molar refractivity (Wildman–Crippen MR) is 65.9 cm³/mol. The molecule has 15 heavy (non-hydrogen) atoms. The number of likely N-dealkylation sites (N-methyl/N-ethyl adjacent to an activating group) is 1. The molecule has 0 aliphatic rings. The highest BCUT2D eigenvalue weighted by Gasteiger charge is 2.23. The van der Waals surface area contributed by atoms with Crippen molar-refractivity contribution in [1.82, 2.24) is 4.90 Å². The molecule has 2 N–H and O–H groups in total. The van der Waals surface area contributed by atoms with E-state index < -0.39 is 0 Å². The second-order valence-corrected chi connectivity index (χ2v) is 4.98. The van der Waals surface area contributed by atoms with Crippen molar-refractivity contribution in [2.24, 2.45) is 5.73 Å². The number of hydrogen-bond acceptors (Lipinski definition) is 2. The largest absolute Gasteiger partial charge is 0.326 e. The first-order valence-electron chi connectivity index (χ1n) is 5.40. The third-order valence-corrected chi connectivity index (χ3v) is 2.68. The van der Waals surface area contributed by atoms with Crippen LogP contribution in [0.4, 0.5) is 0 Å². The van der Waals surface area contributed by atoms with Gasteiger partial charge in [0.15, 0.2) is 0 Å². The van der Waals surface area contributed by atoms with Crippen molar-refractivity contribution in [3.8, 4) is 0 Å². The molecular formula is C13H22N2. The van der Waals surface area contributed by atoms with E-state index in [0.29, 0.717) is 6.54 Å². The van der Waals surface area contributed by atoms with Crippen LogP contribution in [0.3, 0.4) is 0 Å². The Bertz CT molecular complexity index is 316. The number of nitrogens with two attached hydrogens (primary N) is 1. The molecule has 0 radical (unpaired) electrons. The molecule has 1 rings (SSSR count). The first-order valence-corrected chi connectivity index (χ1v) is 5.40. The molecule has 2 nitrogen and oxygen atoms in total. The van der Waals surface area contributed by atoms with Gasteiger partial charge in [0, 0.05) is 18.5 Å². The van der Waals surface area contributed by atoms with Gasteiger partial charge in [-0.15, -0.1) is 0 Å². The highest BCUT2D eigenvalue weighted by molar-refractivity contribution is 5.33. The molecule has 0 amide bonds. The van der Waals surface area contributed by atoms with Crippen LogP contribution < -0.4 is 5.73 Å². The Morgan fingerprint density at radius 3 is 2.33 bits per heavy atom. The van der Waals surface area contributed by atoms with E-state index in [1.165, 1.54) is 11.1 Å². The van der Waals surface area contributed by atoms with Crippen LogP contribution in [-0.4, -0.2) is 25.5 Å². The van der Waals surface area contributed by atoms with Gasteiger partial charge in [0.2, 0.25) is 0 Å². The van der Waals surface area contributed by atoms with Crippen LogP contribution in [0.15, 0.2) is 24.3 Å². The van der Waals surface area contributed by atoms with Crippen molar-refractivity contribution >= 4 is 0 Å². The first kappa shape index (κ1) is 12.2. The Balaban J connectivity index is 3.02. The van der Waals surface area contributed by atoms with Crippen molar-refractivity contribution in [2.45, 2.75) is 25.8 Å². The Morgan fingerprint density at radius 1 is 1.20 bits per heavy atom. The third kappa shape index (κ3) is 3.05. The van der Waals surface area contributed by atoms with Gasteiger partial charge in [-0.1, -0.05) is 38.1 Å². The van der Waals surface area contributed by atoms with Crippen LogP contribution in [0.25, 0.3) is 0 Å². The number of benzene rings is 1. The number of hydrogen-bond donors (Lipinski definition) is 1. The topological polar surface area (TPSA) is 29.3 Å². The fourth-order valence-corrected chi connectivity index (χ4v) is 2.23. The summed E-state index contributed by atoms with van der Waals surface area (Å²) < 4.78 is 0. The van der Waals surface area contributed by atoms with Crippen molar-refractivity contribution < 1.29 is 0 Å². The van der Waals surface area contributed by atoms with E-state index in [2.05, 4.69) is 57.1 Å². The molecule has 2 heteroatoms. The molecule has 1 aromatic carbocycles. The minimum absolute atomic E-state index is 0.152. The van der Waals surface area contributed by atoms with E-state index in [9.17, 15) is 0 Å². The molecule has 0 spiro atoms. The van der Waals surface area contributed by atoms with Gasteiger partial charge in [0.05, 0.1) is 0 Å². The van der Waals surface area contributed by atoms with Gasteiger partial charge in [-0.05, 0) is 25.2 Å². The van der Waals surface area contributed by atoms with Gasteiger partial charge in [-0.2, -0.15) is 0 Å². The second kappa shape index (κ2) is 4.77. The standard InChI is InChI=1S/C13H22N2/c1-13(2,10-15(3)4)12-8-6-5-7-11(12)9-14/h5-8H,9-10,14H2,1-4H3. The van der Waals surface area contributed by atoms with Gasteiger partial charge in [-0.25, -0.2) is 0 Å². The summed E-state index contributed by atoms with van der Waals surface area (Å²) in [6, 6.07) is 8.45. The quantitative estimate of drug-likeness (QED) is 0.816. The van der Waals surface area contributed by atoms with Gasteiger partial charge in [0.1, 0.15) is 0 Å². The fourth-order valence-electron chi connectivity index (χ4n) is 2.23. The van der Waals surface area contributed by atoms with E-state index in [-0.39, 0.29) is 5.41 Å². The fraction of sp³-hybridized carbons (Fsp3) is 0.538. The summed E-state index contributed by atoms with van der Waals surface area (Å²) in [4.78, 5) is 2.22. The normalized spacial score (nSPS) is 12.1. The van der Waals surface area contributed by atoms with Gasteiger partial charge in [-0.3, -0.25) is 0 Å². The van der Waals surface area contributed by atoms with Crippen LogP contribution in [0.2, 0.25) is 0 Å². The number of rotatable bonds is 4. The molecule has 0 aliphatic carbocycles. The average molecular weight is 206 g/mol. The lowest BCUT2D eigenvalue weighted by Gasteiger charge is -2.30. The lowest BCUT2D eigenvalue weighted by molar-refractivity contribution is 0.314. The second-order valence-electron chi connectivity index (χ2n) is 4.98. The summed E-state index contributed by atoms with van der Waals surface area (Å²) in [6.45, 7) is 6.18. The highest BCUT2D eigenvalue weighted by Crippen LogP contribution is 2.26. The van der Waals surface area contributed by atoms with Crippen LogP contribution >= 0.6 is 0 Å². The molecule has 0 unspecified atom stereocenters. The molecule has 0 saturated heterocycles. The van der Waals surface area contributed by atoms with Gasteiger partial charge < -0.3 is 10.6 Å². The average Bonchev–Trinajstić information content (AvgIpc) is 2.16. The lowest BCUT2D eigenvalue weighted by atomic mass is 9.81. The minimum atomic E-state index is 0.152. The summed E-state index contributed by atoms with van der Waals surface area (Å²) in [7, 11) is 4.21. The lowest BCUT2D eigenvalue weighted by Crippen LogP contribution is -2.33. The summed E-state index contributed by atoms with van der Waals surface area (Å²) in [5, 5.41) is 0. The summed E-state index contributed by atoms with van der Waals surface area (Å²) in [6.07, 6.45) is 0. The van der Waals surface area contributed by atoms with Crippen molar-refractivity contribution in [1.29, 1.82) is 0 Å². The molecule has 0 saturated carbocycles. The molecule has 0 aromatic heterocycles. The predicted octanol–water partition coefficient (Wildman–Crippen LogP) is 1.98. The first-order chi connectivity index (χ1) is 6.97. The summed E-state index contributed by atoms with van der Waals surface area (Å²) >= 11 is 0. The molecule has 0 bridgehead atoms. The van der Waals surface area contributed by atoms with Crippen LogP contribution in [-0.2, 0) is 12.0 Å². The molecule has 0 fully saturated rings. The zero-order valence-corrected chi connectivity index (χ0v) is 10.2. The summed E-state index contributed by atoms with van der Waals surface area (Å²) in [5.41, 5.74) is 8.53. The maximum Gasteiger partial charge on any atom is 0.0181 e. The van der Waals surface area contributed by atoms with Crippen LogP contribution in [0.5, 0.6) is 0 Å². The Labute approximate surface area is 93.1 Å². The Hall–Kier alpha value is -0.860. The van der Waals surface area contributed by atoms with E-state index in [4.69, 9.17) is 5.73 Å². The molecule has 0 atom stereocenters. The molecule has 1 aromatic rings. The van der Waals surface area contributed by atoms with Gasteiger partial charge >= 0.3 is 0 Å². The van der Waals surface area contributed by atoms with Gasteiger partial charge in [0.25, 0.3) is 0 Å². The molecule has 0 heterocycles. The molecular weight excluding hydrogens is 184 g/mol. The smallest absolute Gasteiger partial charge is 0.0181 e. The van der Waals surface area contributed by atoms with Crippen LogP contribution in [0.1, 0.15) is 25.0 Å². The van der Waals surface area contributed by atoms with E-state index in [1.54, 1.807) is 0 Å². The zero-order chi connectivity index (χ0) is 11.5. The SMILES string of the molecule is CN(C)CC(C)(C)c1ccccc1CN. The maximum absolute atomic E-state index is 5.76. The molecule has 0 aliphatic heterocycles. The zero-order valence-electron chi connectivity index (χ0n) is 10.2. The highest BCUT2D eigenvalue weighted by atomic mass is 15.1. The van der Waals surface area contributed by atoms with E-state index >= 15 is 0 Å². The van der Waals surface area contributed by atoms with Crippen molar-refractivity contribution in [3.63, 3.8) is 0 Å². The number of nitrogens with zero attached hydrogens (tertiary/aromatic N) is 1. The maximum atomic E-state index is 5.76. The molecule has 84 valence electrons. The Kier molecular flexibility index (Phi) is 3.89. The van der Waals surface area contributed by atoms with Crippen LogP contribution in [0, 0.1) is 0 Å². The minimum Gasteiger partial charge on any atom is -0.326 e. The van der Waals surface area contributed by atoms with Crippen molar-refractivity contribution in [2.75, 3.05) is 20.6 Å². The third-order valence-electron chi connectivity index (χ3n) is 2.68. The monoisotopic (exact) mass is 206 g/mol. The van der Waals surface area contributed by atoms with E-state index in [1.807, 2.05) is 0 Å².